The maximum atomic E-state index is 12.2. The zero-order valence-electron chi connectivity index (χ0n) is 14.7. The van der Waals surface area contributed by atoms with Crippen LogP contribution in [0.15, 0.2) is 54.7 Å². The topological polar surface area (TPSA) is 97.5 Å². The van der Waals surface area contributed by atoms with Crippen molar-refractivity contribution in [2.75, 3.05) is 18.5 Å². The van der Waals surface area contributed by atoms with Crippen molar-refractivity contribution in [2.45, 2.75) is 6.92 Å². The Bertz CT molecular complexity index is 975. The van der Waals surface area contributed by atoms with Crippen LogP contribution >= 0.6 is 0 Å². The molecule has 27 heavy (non-hydrogen) atoms. The van der Waals surface area contributed by atoms with Gasteiger partial charge in [0.05, 0.1) is 17.7 Å². The lowest BCUT2D eigenvalue weighted by Crippen LogP contribution is -2.20. The standard InChI is InChI=1S/C20H18N2O5/c1-2-26-19(24)13-7-9-14(10-8-13)22-18(23)12-27-20(25)16-11-21-17-6-4-3-5-15(16)17/h3-11,21H,2,12H2,1H3,(H,22,23). The summed E-state index contributed by atoms with van der Waals surface area (Å²) in [7, 11) is 0. The Morgan fingerprint density at radius 1 is 0.963 bits per heavy atom. The lowest BCUT2D eigenvalue weighted by Gasteiger charge is -2.07. The quantitative estimate of drug-likeness (QED) is 0.653. The smallest absolute Gasteiger partial charge is 0.340 e. The molecule has 7 heteroatoms. The lowest BCUT2D eigenvalue weighted by molar-refractivity contribution is -0.119. The van der Waals surface area contributed by atoms with Gasteiger partial charge in [-0.05, 0) is 37.3 Å². The molecule has 0 atom stereocenters. The number of esters is 2. The molecule has 0 radical (unpaired) electrons. The molecule has 1 amide bonds. The number of aromatic amines is 1. The van der Waals surface area contributed by atoms with Crippen molar-refractivity contribution in [3.05, 3.63) is 65.9 Å². The first-order valence-electron chi connectivity index (χ1n) is 8.38. The fraction of sp³-hybridized carbons (Fsp3) is 0.150. The number of anilines is 1. The molecule has 0 saturated carbocycles. The number of para-hydroxylation sites is 1. The van der Waals surface area contributed by atoms with Crippen molar-refractivity contribution >= 4 is 34.4 Å². The summed E-state index contributed by atoms with van der Waals surface area (Å²) in [5.74, 6) is -1.49. The number of amides is 1. The summed E-state index contributed by atoms with van der Waals surface area (Å²) in [6, 6.07) is 13.6. The molecule has 1 heterocycles. The molecule has 138 valence electrons. The molecule has 2 aromatic carbocycles. The summed E-state index contributed by atoms with van der Waals surface area (Å²) in [5, 5.41) is 3.34. The average Bonchev–Trinajstić information content (AvgIpc) is 3.11. The minimum atomic E-state index is -0.583. The van der Waals surface area contributed by atoms with E-state index in [1.165, 1.54) is 0 Å². The first kappa shape index (κ1) is 18.2. The fourth-order valence-corrected chi connectivity index (χ4v) is 2.55. The molecule has 2 N–H and O–H groups in total. The van der Waals surface area contributed by atoms with E-state index in [0.717, 1.165) is 10.9 Å². The number of carbonyl (C=O) groups excluding carboxylic acids is 3. The fourth-order valence-electron chi connectivity index (χ4n) is 2.55. The third-order valence-corrected chi connectivity index (χ3v) is 3.82. The molecule has 0 bridgehead atoms. The van der Waals surface area contributed by atoms with Crippen LogP contribution in [0.1, 0.15) is 27.6 Å². The second kappa shape index (κ2) is 8.18. The van der Waals surface area contributed by atoms with E-state index in [9.17, 15) is 14.4 Å². The zero-order valence-corrected chi connectivity index (χ0v) is 14.7. The highest BCUT2D eigenvalue weighted by Gasteiger charge is 2.15. The Morgan fingerprint density at radius 3 is 2.44 bits per heavy atom. The van der Waals surface area contributed by atoms with Gasteiger partial charge in [-0.2, -0.15) is 0 Å². The van der Waals surface area contributed by atoms with Gasteiger partial charge < -0.3 is 19.8 Å². The van der Waals surface area contributed by atoms with Crippen molar-refractivity contribution in [3.8, 4) is 0 Å². The normalized spacial score (nSPS) is 10.4. The second-order valence-electron chi connectivity index (χ2n) is 5.67. The summed E-state index contributed by atoms with van der Waals surface area (Å²) < 4.78 is 9.97. The predicted octanol–water partition coefficient (Wildman–Crippen LogP) is 3.14. The Labute approximate surface area is 155 Å². The number of nitrogens with one attached hydrogen (secondary N) is 2. The zero-order chi connectivity index (χ0) is 19.2. The number of fused-ring (bicyclic) bond motifs is 1. The third kappa shape index (κ3) is 4.33. The molecule has 0 aliphatic rings. The van der Waals surface area contributed by atoms with Gasteiger partial charge in [-0.15, -0.1) is 0 Å². The molecule has 0 aliphatic heterocycles. The summed E-state index contributed by atoms with van der Waals surface area (Å²) in [6.45, 7) is 1.60. The van der Waals surface area contributed by atoms with Gasteiger partial charge in [-0.3, -0.25) is 4.79 Å². The summed E-state index contributed by atoms with van der Waals surface area (Å²) in [6.07, 6.45) is 1.55. The molecule has 0 fully saturated rings. The van der Waals surface area contributed by atoms with Gasteiger partial charge in [-0.1, -0.05) is 18.2 Å². The highest BCUT2D eigenvalue weighted by molar-refractivity contribution is 6.05. The van der Waals surface area contributed by atoms with E-state index in [-0.39, 0.29) is 0 Å². The first-order valence-corrected chi connectivity index (χ1v) is 8.38. The molecule has 7 nitrogen and oxygen atoms in total. The number of rotatable bonds is 6. The number of hydrogen-bond donors (Lipinski definition) is 2. The van der Waals surface area contributed by atoms with Crippen LogP contribution in [0.25, 0.3) is 10.9 Å². The molecular weight excluding hydrogens is 348 g/mol. The van der Waals surface area contributed by atoms with Gasteiger partial charge in [0.15, 0.2) is 6.61 Å². The van der Waals surface area contributed by atoms with Crippen molar-refractivity contribution < 1.29 is 23.9 Å². The van der Waals surface area contributed by atoms with E-state index in [4.69, 9.17) is 9.47 Å². The van der Waals surface area contributed by atoms with Crippen LogP contribution in [0.2, 0.25) is 0 Å². The largest absolute Gasteiger partial charge is 0.462 e. The van der Waals surface area contributed by atoms with Crippen LogP contribution in [0.3, 0.4) is 0 Å². The van der Waals surface area contributed by atoms with Gasteiger partial charge in [0.2, 0.25) is 0 Å². The summed E-state index contributed by atoms with van der Waals surface area (Å²) in [4.78, 5) is 38.7. The number of carbonyl (C=O) groups is 3. The number of benzene rings is 2. The van der Waals surface area contributed by atoms with Crippen LogP contribution in [0.4, 0.5) is 5.69 Å². The molecule has 0 aliphatic carbocycles. The minimum Gasteiger partial charge on any atom is -0.462 e. The Kier molecular flexibility index (Phi) is 5.51. The maximum Gasteiger partial charge on any atom is 0.340 e. The van der Waals surface area contributed by atoms with Crippen LogP contribution in [-0.4, -0.2) is 36.0 Å². The van der Waals surface area contributed by atoms with E-state index in [1.807, 2.05) is 18.2 Å². The Balaban J connectivity index is 1.55. The molecule has 1 aromatic heterocycles. The number of H-pyrrole nitrogens is 1. The molecule has 3 aromatic rings. The second-order valence-corrected chi connectivity index (χ2v) is 5.67. The average molecular weight is 366 g/mol. The Morgan fingerprint density at radius 2 is 1.70 bits per heavy atom. The Hall–Kier alpha value is -3.61. The van der Waals surface area contributed by atoms with E-state index < -0.39 is 24.5 Å². The van der Waals surface area contributed by atoms with E-state index >= 15 is 0 Å². The molecule has 3 rings (SSSR count). The van der Waals surface area contributed by atoms with E-state index in [2.05, 4.69) is 10.3 Å². The van der Waals surface area contributed by atoms with Gasteiger partial charge >= 0.3 is 11.9 Å². The SMILES string of the molecule is CCOC(=O)c1ccc(NC(=O)COC(=O)c2c[nH]c3ccccc23)cc1. The van der Waals surface area contributed by atoms with Crippen LogP contribution in [-0.2, 0) is 14.3 Å². The van der Waals surface area contributed by atoms with Gasteiger partial charge in [0, 0.05) is 22.8 Å². The van der Waals surface area contributed by atoms with Crippen LogP contribution in [0.5, 0.6) is 0 Å². The molecule has 0 unspecified atom stereocenters. The maximum absolute atomic E-state index is 12.2. The van der Waals surface area contributed by atoms with Crippen molar-refractivity contribution in [3.63, 3.8) is 0 Å². The number of hydrogen-bond acceptors (Lipinski definition) is 5. The van der Waals surface area contributed by atoms with Crippen molar-refractivity contribution in [1.82, 2.24) is 4.98 Å². The van der Waals surface area contributed by atoms with Crippen LogP contribution < -0.4 is 5.32 Å². The number of aromatic nitrogens is 1. The monoisotopic (exact) mass is 366 g/mol. The predicted molar refractivity (Wildman–Crippen MR) is 99.6 cm³/mol. The molecule has 0 spiro atoms. The number of ether oxygens (including phenoxy) is 2. The highest BCUT2D eigenvalue weighted by atomic mass is 16.5. The van der Waals surface area contributed by atoms with E-state index in [0.29, 0.717) is 23.4 Å². The van der Waals surface area contributed by atoms with Gasteiger partial charge in [0.1, 0.15) is 0 Å². The molecule has 0 saturated heterocycles. The lowest BCUT2D eigenvalue weighted by atomic mass is 10.2. The summed E-state index contributed by atoms with van der Waals surface area (Å²) >= 11 is 0. The van der Waals surface area contributed by atoms with Gasteiger partial charge in [0.25, 0.3) is 5.91 Å². The highest BCUT2D eigenvalue weighted by Crippen LogP contribution is 2.18. The van der Waals surface area contributed by atoms with Crippen LogP contribution in [0, 0.1) is 0 Å². The van der Waals surface area contributed by atoms with Crippen molar-refractivity contribution in [1.29, 1.82) is 0 Å². The first-order chi connectivity index (χ1) is 13.1. The summed E-state index contributed by atoms with van der Waals surface area (Å²) in [5.41, 5.74) is 2.06. The van der Waals surface area contributed by atoms with Crippen molar-refractivity contribution in [2.24, 2.45) is 0 Å². The molecular formula is C20H18N2O5. The van der Waals surface area contributed by atoms with Gasteiger partial charge in [-0.25, -0.2) is 9.59 Å². The van der Waals surface area contributed by atoms with E-state index in [1.54, 1.807) is 43.5 Å². The minimum absolute atomic E-state index is 0.291. The third-order valence-electron chi connectivity index (χ3n) is 3.82.